The highest BCUT2D eigenvalue weighted by atomic mass is 16.4. The van der Waals surface area contributed by atoms with E-state index in [1.165, 1.54) is 4.90 Å². The topological polar surface area (TPSA) is 83.6 Å². The van der Waals surface area contributed by atoms with E-state index in [0.717, 1.165) is 18.4 Å². The van der Waals surface area contributed by atoms with Crippen LogP contribution in [0.1, 0.15) is 25.2 Å². The van der Waals surface area contributed by atoms with Crippen LogP contribution in [-0.2, 0) is 16.0 Å². The van der Waals surface area contributed by atoms with Gasteiger partial charge in [-0.05, 0) is 25.0 Å². The maximum absolute atomic E-state index is 12.1. The molecule has 1 fully saturated rings. The van der Waals surface area contributed by atoms with Crippen molar-refractivity contribution in [1.82, 2.24) is 9.88 Å². The van der Waals surface area contributed by atoms with Crippen molar-refractivity contribution in [3.05, 3.63) is 30.2 Å². The van der Waals surface area contributed by atoms with Gasteiger partial charge in [-0.1, -0.05) is 12.1 Å². The first-order valence-corrected chi connectivity index (χ1v) is 6.99. The van der Waals surface area contributed by atoms with Crippen LogP contribution >= 0.6 is 0 Å². The van der Waals surface area contributed by atoms with E-state index in [1.807, 2.05) is 24.3 Å². The summed E-state index contributed by atoms with van der Waals surface area (Å²) in [4.78, 5) is 28.7. The normalized spacial score (nSPS) is 14.3. The highest BCUT2D eigenvalue weighted by molar-refractivity contribution is 5.82. The van der Waals surface area contributed by atoms with Crippen LogP contribution in [0.2, 0.25) is 0 Å². The van der Waals surface area contributed by atoms with Gasteiger partial charge in [0.25, 0.3) is 0 Å². The molecule has 2 aromatic rings. The smallest absolute Gasteiger partial charge is 0.323 e. The summed E-state index contributed by atoms with van der Waals surface area (Å²) in [6.07, 6.45) is 2.39. The Bertz CT molecular complexity index is 642. The summed E-state index contributed by atoms with van der Waals surface area (Å²) in [6, 6.07) is 7.52. The first kappa shape index (κ1) is 13.6. The number of fused-ring (bicyclic) bond motifs is 1. The standard InChI is InChI=1S/C15H16N2O4/c18-14(17(9-15(19)20)10-5-6-10)8-7-13-16-11-3-1-2-4-12(11)21-13/h1-4,10H,5-9H2,(H,19,20). The van der Waals surface area contributed by atoms with E-state index in [1.54, 1.807) is 0 Å². The molecule has 1 heterocycles. The van der Waals surface area contributed by atoms with Crippen LogP contribution in [0.15, 0.2) is 28.7 Å². The van der Waals surface area contributed by atoms with E-state index in [-0.39, 0.29) is 24.9 Å². The van der Waals surface area contributed by atoms with Crippen LogP contribution < -0.4 is 0 Å². The maximum atomic E-state index is 12.1. The highest BCUT2D eigenvalue weighted by Crippen LogP contribution is 2.27. The number of hydrogen-bond donors (Lipinski definition) is 1. The molecular formula is C15H16N2O4. The summed E-state index contributed by atoms with van der Waals surface area (Å²) < 4.78 is 5.56. The van der Waals surface area contributed by atoms with Crippen molar-refractivity contribution in [2.45, 2.75) is 31.7 Å². The van der Waals surface area contributed by atoms with Gasteiger partial charge < -0.3 is 14.4 Å². The third kappa shape index (κ3) is 3.21. The fraction of sp³-hybridized carbons (Fsp3) is 0.400. The number of rotatable bonds is 6. The molecule has 1 aliphatic carbocycles. The zero-order valence-corrected chi connectivity index (χ0v) is 11.5. The van der Waals surface area contributed by atoms with Crippen LogP contribution in [-0.4, -0.2) is 39.5 Å². The molecule has 0 aliphatic heterocycles. The number of carboxylic acid groups (broad SMARTS) is 1. The molecule has 1 aromatic heterocycles. The Morgan fingerprint density at radius 2 is 2.10 bits per heavy atom. The second kappa shape index (κ2) is 5.55. The Labute approximate surface area is 121 Å². The molecule has 0 bridgehead atoms. The molecule has 0 spiro atoms. The number of oxazole rings is 1. The van der Waals surface area contributed by atoms with Crippen LogP contribution in [0.3, 0.4) is 0 Å². The number of aryl methyl sites for hydroxylation is 1. The van der Waals surface area contributed by atoms with E-state index < -0.39 is 5.97 Å². The fourth-order valence-electron chi connectivity index (χ4n) is 2.34. The van der Waals surface area contributed by atoms with Gasteiger partial charge in [0.1, 0.15) is 12.1 Å². The average molecular weight is 288 g/mol. The molecule has 110 valence electrons. The first-order chi connectivity index (χ1) is 10.1. The van der Waals surface area contributed by atoms with Crippen molar-refractivity contribution in [2.75, 3.05) is 6.54 Å². The number of carboxylic acids is 1. The van der Waals surface area contributed by atoms with Gasteiger partial charge in [0.15, 0.2) is 11.5 Å². The summed E-state index contributed by atoms with van der Waals surface area (Å²) in [7, 11) is 0. The Balaban J connectivity index is 1.62. The van der Waals surface area contributed by atoms with Crippen LogP contribution in [0.5, 0.6) is 0 Å². The second-order valence-electron chi connectivity index (χ2n) is 5.22. The number of amides is 1. The summed E-state index contributed by atoms with van der Waals surface area (Å²) >= 11 is 0. The molecule has 0 unspecified atom stereocenters. The minimum Gasteiger partial charge on any atom is -0.480 e. The predicted octanol–water partition coefficient (Wildman–Crippen LogP) is 1.84. The number of para-hydroxylation sites is 2. The molecule has 0 atom stereocenters. The maximum Gasteiger partial charge on any atom is 0.323 e. The average Bonchev–Trinajstić information content (AvgIpc) is 3.21. The monoisotopic (exact) mass is 288 g/mol. The van der Waals surface area contributed by atoms with E-state index in [4.69, 9.17) is 9.52 Å². The number of aromatic nitrogens is 1. The van der Waals surface area contributed by atoms with Crippen molar-refractivity contribution in [3.8, 4) is 0 Å². The molecule has 1 aliphatic rings. The van der Waals surface area contributed by atoms with Gasteiger partial charge in [-0.15, -0.1) is 0 Å². The summed E-state index contributed by atoms with van der Waals surface area (Å²) in [5.41, 5.74) is 1.47. The summed E-state index contributed by atoms with van der Waals surface area (Å²) in [5, 5.41) is 8.87. The van der Waals surface area contributed by atoms with Crippen molar-refractivity contribution in [3.63, 3.8) is 0 Å². The van der Waals surface area contributed by atoms with Gasteiger partial charge in [-0.2, -0.15) is 0 Å². The van der Waals surface area contributed by atoms with E-state index >= 15 is 0 Å². The van der Waals surface area contributed by atoms with Crippen molar-refractivity contribution in [2.24, 2.45) is 0 Å². The van der Waals surface area contributed by atoms with Gasteiger partial charge in [0.05, 0.1) is 0 Å². The summed E-state index contributed by atoms with van der Waals surface area (Å²) in [6.45, 7) is -0.225. The Morgan fingerprint density at radius 1 is 1.33 bits per heavy atom. The highest BCUT2D eigenvalue weighted by Gasteiger charge is 2.33. The lowest BCUT2D eigenvalue weighted by Crippen LogP contribution is -2.37. The SMILES string of the molecule is O=C(O)CN(C(=O)CCc1nc2ccccc2o1)C1CC1. The second-order valence-corrected chi connectivity index (χ2v) is 5.22. The molecular weight excluding hydrogens is 272 g/mol. The molecule has 6 heteroatoms. The van der Waals surface area contributed by atoms with Gasteiger partial charge in [0, 0.05) is 18.9 Å². The summed E-state index contributed by atoms with van der Waals surface area (Å²) in [5.74, 6) is -0.616. The van der Waals surface area contributed by atoms with Crippen molar-refractivity contribution < 1.29 is 19.1 Å². The lowest BCUT2D eigenvalue weighted by Gasteiger charge is -2.19. The van der Waals surface area contributed by atoms with Gasteiger partial charge >= 0.3 is 5.97 Å². The zero-order valence-electron chi connectivity index (χ0n) is 11.5. The van der Waals surface area contributed by atoms with E-state index in [9.17, 15) is 9.59 Å². The Kier molecular flexibility index (Phi) is 3.60. The molecule has 6 nitrogen and oxygen atoms in total. The Hall–Kier alpha value is -2.37. The Morgan fingerprint density at radius 3 is 2.76 bits per heavy atom. The molecule has 1 amide bonds. The number of aliphatic carboxylic acids is 1. The minimum atomic E-state index is -0.975. The minimum absolute atomic E-state index is 0.0947. The number of hydrogen-bond acceptors (Lipinski definition) is 4. The molecule has 3 rings (SSSR count). The lowest BCUT2D eigenvalue weighted by atomic mass is 10.2. The van der Waals surface area contributed by atoms with Crippen molar-refractivity contribution >= 4 is 23.0 Å². The fourth-order valence-corrected chi connectivity index (χ4v) is 2.34. The molecule has 0 radical (unpaired) electrons. The molecule has 1 N–H and O–H groups in total. The number of carbonyl (C=O) groups excluding carboxylic acids is 1. The van der Waals surface area contributed by atoms with Crippen LogP contribution in [0.25, 0.3) is 11.1 Å². The first-order valence-electron chi connectivity index (χ1n) is 6.99. The predicted molar refractivity (Wildman–Crippen MR) is 74.7 cm³/mol. The molecule has 0 saturated heterocycles. The lowest BCUT2D eigenvalue weighted by molar-refractivity contribution is -0.144. The number of benzene rings is 1. The quantitative estimate of drug-likeness (QED) is 0.876. The van der Waals surface area contributed by atoms with Crippen LogP contribution in [0, 0.1) is 0 Å². The molecule has 1 saturated carbocycles. The van der Waals surface area contributed by atoms with E-state index in [0.29, 0.717) is 17.9 Å². The van der Waals surface area contributed by atoms with E-state index in [2.05, 4.69) is 4.98 Å². The number of carbonyl (C=O) groups is 2. The van der Waals surface area contributed by atoms with Crippen molar-refractivity contribution in [1.29, 1.82) is 0 Å². The molecule has 21 heavy (non-hydrogen) atoms. The molecule has 1 aromatic carbocycles. The van der Waals surface area contributed by atoms with Crippen LogP contribution in [0.4, 0.5) is 0 Å². The third-order valence-electron chi connectivity index (χ3n) is 3.50. The van der Waals surface area contributed by atoms with Gasteiger partial charge in [0.2, 0.25) is 5.91 Å². The van der Waals surface area contributed by atoms with Gasteiger partial charge in [-0.3, -0.25) is 9.59 Å². The zero-order chi connectivity index (χ0) is 14.8. The largest absolute Gasteiger partial charge is 0.480 e. The van der Waals surface area contributed by atoms with Gasteiger partial charge in [-0.25, -0.2) is 4.98 Å². The number of nitrogens with zero attached hydrogens (tertiary/aromatic N) is 2. The third-order valence-corrected chi connectivity index (χ3v) is 3.50.